The molecule has 2 aromatic heterocycles. The van der Waals surface area contributed by atoms with Gasteiger partial charge in [0, 0.05) is 36.7 Å². The highest BCUT2D eigenvalue weighted by Gasteiger charge is 2.36. The predicted octanol–water partition coefficient (Wildman–Crippen LogP) is 3.39. The van der Waals surface area contributed by atoms with Gasteiger partial charge < -0.3 is 14.8 Å². The molecule has 0 fully saturated rings. The molecule has 2 aliphatic heterocycles. The van der Waals surface area contributed by atoms with Crippen molar-refractivity contribution in [1.82, 2.24) is 14.8 Å². The number of hydrogen-bond acceptors (Lipinski definition) is 5. The Morgan fingerprint density at radius 3 is 2.93 bits per heavy atom. The minimum atomic E-state index is -0.135. The van der Waals surface area contributed by atoms with Crippen molar-refractivity contribution in [1.29, 1.82) is 0 Å². The van der Waals surface area contributed by atoms with E-state index < -0.39 is 0 Å². The van der Waals surface area contributed by atoms with Crippen LogP contribution in [0.3, 0.4) is 0 Å². The zero-order chi connectivity index (χ0) is 20.0. The minimum Gasteiger partial charge on any atom is -0.493 e. The van der Waals surface area contributed by atoms with Gasteiger partial charge in [0.1, 0.15) is 18.1 Å². The van der Waals surface area contributed by atoms with E-state index in [1.54, 1.807) is 18.0 Å². The molecular formula is C22H20N4O3. The maximum atomic E-state index is 12.5. The molecule has 3 aromatic rings. The molecule has 1 amide bonds. The fraction of sp³-hybridized carbons (Fsp3) is 0.227. The van der Waals surface area contributed by atoms with Gasteiger partial charge in [-0.15, -0.1) is 0 Å². The number of aromatic nitrogens is 3. The summed E-state index contributed by atoms with van der Waals surface area (Å²) in [6.45, 7) is 0.390. The van der Waals surface area contributed by atoms with Crippen LogP contribution in [0.4, 0.5) is 5.82 Å². The lowest BCUT2D eigenvalue weighted by Crippen LogP contribution is -2.27. The Kier molecular flexibility index (Phi) is 4.08. The molecule has 0 saturated heterocycles. The topological polar surface area (TPSA) is 78.3 Å². The summed E-state index contributed by atoms with van der Waals surface area (Å²) < 4.78 is 13.2. The molecule has 0 unspecified atom stereocenters. The second kappa shape index (κ2) is 6.77. The molecule has 0 radical (unpaired) electrons. The third kappa shape index (κ3) is 2.86. The van der Waals surface area contributed by atoms with Gasteiger partial charge in [-0.1, -0.05) is 18.2 Å². The summed E-state index contributed by atoms with van der Waals surface area (Å²) in [7, 11) is 3.46. The Labute approximate surface area is 168 Å². The van der Waals surface area contributed by atoms with Crippen molar-refractivity contribution in [2.45, 2.75) is 12.3 Å². The van der Waals surface area contributed by atoms with Crippen LogP contribution in [-0.4, -0.2) is 34.4 Å². The number of nitrogens with one attached hydrogen (secondary N) is 1. The van der Waals surface area contributed by atoms with E-state index in [9.17, 15) is 4.79 Å². The van der Waals surface area contributed by atoms with Crippen molar-refractivity contribution in [3.8, 4) is 22.9 Å². The smallest absolute Gasteiger partial charge is 0.226 e. The van der Waals surface area contributed by atoms with Gasteiger partial charge in [-0.2, -0.15) is 5.10 Å². The van der Waals surface area contributed by atoms with Crippen LogP contribution in [0.2, 0.25) is 0 Å². The first kappa shape index (κ1) is 17.5. The fourth-order valence-corrected chi connectivity index (χ4v) is 4.06. The molecule has 7 heteroatoms. The molecule has 29 heavy (non-hydrogen) atoms. The van der Waals surface area contributed by atoms with Crippen molar-refractivity contribution in [3.05, 3.63) is 59.3 Å². The van der Waals surface area contributed by atoms with Gasteiger partial charge in [0.25, 0.3) is 0 Å². The number of anilines is 1. The lowest BCUT2D eigenvalue weighted by molar-refractivity contribution is -0.116. The molecule has 5 rings (SSSR count). The van der Waals surface area contributed by atoms with Gasteiger partial charge in [-0.25, -0.2) is 0 Å². The number of amides is 1. The number of nitrogens with zero attached hydrogens (tertiary/aromatic N) is 3. The van der Waals surface area contributed by atoms with E-state index in [-0.39, 0.29) is 11.8 Å². The molecule has 0 bridgehead atoms. The molecule has 7 nitrogen and oxygen atoms in total. The highest BCUT2D eigenvalue weighted by atomic mass is 16.5. The molecular weight excluding hydrogens is 368 g/mol. The number of rotatable bonds is 3. The quantitative estimate of drug-likeness (QED) is 0.744. The van der Waals surface area contributed by atoms with Gasteiger partial charge in [0.2, 0.25) is 5.91 Å². The number of carbonyl (C=O) groups is 1. The number of aryl methyl sites for hydroxylation is 1. The van der Waals surface area contributed by atoms with E-state index in [0.29, 0.717) is 24.6 Å². The summed E-state index contributed by atoms with van der Waals surface area (Å²) in [4.78, 5) is 16.9. The second-order valence-electron chi connectivity index (χ2n) is 7.14. The number of ether oxygens (including phenoxy) is 2. The maximum absolute atomic E-state index is 12.5. The summed E-state index contributed by atoms with van der Waals surface area (Å²) in [5, 5.41) is 7.64. The monoisotopic (exact) mass is 388 g/mol. The summed E-state index contributed by atoms with van der Waals surface area (Å²) in [5.41, 5.74) is 4.52. The molecule has 4 heterocycles. The lowest BCUT2D eigenvalue weighted by Gasteiger charge is -2.29. The molecule has 146 valence electrons. The average molecular weight is 388 g/mol. The van der Waals surface area contributed by atoms with E-state index in [1.807, 2.05) is 43.4 Å². The van der Waals surface area contributed by atoms with Crippen molar-refractivity contribution < 1.29 is 14.3 Å². The number of benzene rings is 1. The third-order valence-electron chi connectivity index (χ3n) is 5.39. The van der Waals surface area contributed by atoms with Gasteiger partial charge in [0.05, 0.1) is 12.8 Å². The first-order valence-electron chi connectivity index (χ1n) is 9.44. The van der Waals surface area contributed by atoms with Gasteiger partial charge in [-0.05, 0) is 29.8 Å². The van der Waals surface area contributed by atoms with Crippen LogP contribution in [-0.2, 0) is 11.8 Å². The van der Waals surface area contributed by atoms with E-state index in [4.69, 9.17) is 9.47 Å². The zero-order valence-electron chi connectivity index (χ0n) is 16.2. The average Bonchev–Trinajstić information content (AvgIpc) is 3.09. The number of pyridine rings is 1. The molecule has 1 atom stereocenters. The molecule has 1 N–H and O–H groups in total. The van der Waals surface area contributed by atoms with Crippen molar-refractivity contribution in [3.63, 3.8) is 0 Å². The van der Waals surface area contributed by atoms with Gasteiger partial charge >= 0.3 is 0 Å². The Hall–Kier alpha value is -3.61. The largest absolute Gasteiger partial charge is 0.493 e. The van der Waals surface area contributed by atoms with Crippen LogP contribution in [0.1, 0.15) is 23.5 Å². The van der Waals surface area contributed by atoms with E-state index in [2.05, 4.69) is 21.5 Å². The van der Waals surface area contributed by atoms with Crippen molar-refractivity contribution in [2.24, 2.45) is 7.05 Å². The number of methoxy groups -OCH3 is 1. The molecule has 1 aromatic carbocycles. The van der Waals surface area contributed by atoms with Crippen molar-refractivity contribution >= 4 is 17.8 Å². The zero-order valence-corrected chi connectivity index (χ0v) is 16.2. The summed E-state index contributed by atoms with van der Waals surface area (Å²) in [6.07, 6.45) is 4.19. The third-order valence-corrected chi connectivity index (χ3v) is 5.39. The first-order valence-corrected chi connectivity index (χ1v) is 9.44. The SMILES string of the molecule is COc1cccc2c1OCC([C@@H]1CC(=O)Nc3c1c(-c1ccccn1)nn3C)=C2. The molecule has 0 spiro atoms. The van der Waals surface area contributed by atoms with Gasteiger partial charge in [0.15, 0.2) is 11.5 Å². The number of fused-ring (bicyclic) bond motifs is 2. The van der Waals surface area contributed by atoms with E-state index >= 15 is 0 Å². The number of hydrogen-bond donors (Lipinski definition) is 1. The Morgan fingerprint density at radius 1 is 1.24 bits per heavy atom. The van der Waals surface area contributed by atoms with E-state index in [0.717, 1.165) is 33.8 Å². The highest BCUT2D eigenvalue weighted by molar-refractivity contribution is 5.96. The van der Waals surface area contributed by atoms with Gasteiger partial charge in [-0.3, -0.25) is 14.5 Å². The van der Waals surface area contributed by atoms with E-state index in [1.165, 1.54) is 0 Å². The summed E-state index contributed by atoms with van der Waals surface area (Å²) in [5.74, 6) is 1.98. The Balaban J connectivity index is 1.65. The second-order valence-corrected chi connectivity index (χ2v) is 7.14. The molecule has 0 saturated carbocycles. The number of para-hydroxylation sites is 1. The molecule has 0 aliphatic carbocycles. The number of carbonyl (C=O) groups excluding carboxylic acids is 1. The molecule has 2 aliphatic rings. The highest BCUT2D eigenvalue weighted by Crippen LogP contribution is 2.45. The lowest BCUT2D eigenvalue weighted by atomic mass is 9.83. The minimum absolute atomic E-state index is 0.0320. The fourth-order valence-electron chi connectivity index (χ4n) is 4.06. The van der Waals surface area contributed by atoms with Crippen LogP contribution in [0, 0.1) is 0 Å². The van der Waals surface area contributed by atoms with Crippen LogP contribution in [0.15, 0.2) is 48.2 Å². The summed E-state index contributed by atoms with van der Waals surface area (Å²) >= 11 is 0. The Bertz CT molecular complexity index is 1130. The van der Waals surface area contributed by atoms with Crippen LogP contribution in [0.5, 0.6) is 11.5 Å². The van der Waals surface area contributed by atoms with Crippen molar-refractivity contribution in [2.75, 3.05) is 19.0 Å². The summed E-state index contributed by atoms with van der Waals surface area (Å²) in [6, 6.07) is 11.5. The Morgan fingerprint density at radius 2 is 2.14 bits per heavy atom. The standard InChI is InChI=1S/C22H20N4O3/c1-26-22-19(20(25-26)16-7-3-4-9-23-16)15(11-18(27)24-22)14-10-13-6-5-8-17(28-2)21(13)29-12-14/h3-10,15H,11-12H2,1-2H3,(H,24,27)/t15-/m0/s1. The van der Waals surface area contributed by atoms with Crippen LogP contribution >= 0.6 is 0 Å². The van der Waals surface area contributed by atoms with Crippen LogP contribution < -0.4 is 14.8 Å². The first-order chi connectivity index (χ1) is 14.2. The normalized spacial score (nSPS) is 17.5. The maximum Gasteiger partial charge on any atom is 0.226 e. The van der Waals surface area contributed by atoms with Crippen LogP contribution in [0.25, 0.3) is 17.5 Å². The predicted molar refractivity (Wildman–Crippen MR) is 109 cm³/mol.